The Hall–Kier alpha value is -1.61. The largest absolute Gasteiger partial charge is 0.481 e. The smallest absolute Gasteiger partial charge is 0.326 e. The predicted molar refractivity (Wildman–Crippen MR) is 80.6 cm³/mol. The molecule has 0 aliphatic rings. The highest BCUT2D eigenvalue weighted by atomic mass is 79.9. The molecule has 0 bridgehead atoms. The number of carbonyl (C=O) groups is 3. The Morgan fingerprint density at radius 2 is 2.00 bits per heavy atom. The van der Waals surface area contributed by atoms with E-state index in [4.69, 9.17) is 10.2 Å². The van der Waals surface area contributed by atoms with Gasteiger partial charge in [0.25, 0.3) is 0 Å². The fourth-order valence-corrected chi connectivity index (χ4v) is 3.00. The summed E-state index contributed by atoms with van der Waals surface area (Å²) < 4.78 is 1.00. The van der Waals surface area contributed by atoms with E-state index in [1.807, 2.05) is 12.1 Å². The van der Waals surface area contributed by atoms with Crippen LogP contribution < -0.4 is 10.6 Å². The average Bonchev–Trinajstić information content (AvgIpc) is 2.79. The third-order valence-corrected chi connectivity index (χ3v) is 4.22. The van der Waals surface area contributed by atoms with Crippen LogP contribution in [-0.4, -0.2) is 40.8 Å². The van der Waals surface area contributed by atoms with Gasteiger partial charge >= 0.3 is 18.0 Å². The first-order valence-corrected chi connectivity index (χ1v) is 7.72. The van der Waals surface area contributed by atoms with Crippen LogP contribution in [0.3, 0.4) is 0 Å². The summed E-state index contributed by atoms with van der Waals surface area (Å²) in [6.45, 7) is 0.365. The molecule has 116 valence electrons. The maximum atomic E-state index is 11.6. The zero-order valence-corrected chi connectivity index (χ0v) is 13.4. The third-order valence-electron chi connectivity index (χ3n) is 2.54. The molecule has 2 amide bonds. The second-order valence-corrected chi connectivity index (χ2v) is 6.73. The number of hydrogen-bond donors (Lipinski definition) is 4. The monoisotopic (exact) mass is 378 g/mol. The lowest BCUT2D eigenvalue weighted by atomic mass is 10.1. The molecule has 1 aromatic heterocycles. The van der Waals surface area contributed by atoms with Crippen molar-refractivity contribution in [2.75, 3.05) is 6.54 Å². The van der Waals surface area contributed by atoms with Gasteiger partial charge in [-0.15, -0.1) is 11.3 Å². The van der Waals surface area contributed by atoms with E-state index in [1.54, 1.807) is 11.3 Å². The van der Waals surface area contributed by atoms with Crippen molar-refractivity contribution in [2.24, 2.45) is 0 Å². The zero-order valence-electron chi connectivity index (χ0n) is 11.0. The molecule has 7 nitrogen and oxygen atoms in total. The van der Waals surface area contributed by atoms with Crippen LogP contribution in [0.4, 0.5) is 4.79 Å². The van der Waals surface area contributed by atoms with Gasteiger partial charge in [0.05, 0.1) is 3.79 Å². The molecule has 1 heterocycles. The highest BCUT2D eigenvalue weighted by molar-refractivity contribution is 9.11. The van der Waals surface area contributed by atoms with Crippen molar-refractivity contribution in [3.8, 4) is 0 Å². The van der Waals surface area contributed by atoms with Gasteiger partial charge in [0.1, 0.15) is 6.04 Å². The van der Waals surface area contributed by atoms with Gasteiger partial charge in [0.2, 0.25) is 0 Å². The Morgan fingerprint density at radius 3 is 2.52 bits per heavy atom. The number of hydrogen-bond acceptors (Lipinski definition) is 4. The standard InChI is InChI=1S/C12H15BrN2O5S/c13-9-3-1-7(21-9)5-6-14-12(20)15-8(11(18)19)2-4-10(16)17/h1,3,8H,2,4-6H2,(H,16,17)(H,18,19)(H2,14,15,20). The van der Waals surface area contributed by atoms with E-state index in [2.05, 4.69) is 26.6 Å². The summed E-state index contributed by atoms with van der Waals surface area (Å²) in [6, 6.07) is 2.01. The molecule has 4 N–H and O–H groups in total. The van der Waals surface area contributed by atoms with Crippen LogP contribution in [0.1, 0.15) is 17.7 Å². The molecule has 1 unspecified atom stereocenters. The predicted octanol–water partition coefficient (Wildman–Crippen LogP) is 1.67. The lowest BCUT2D eigenvalue weighted by Crippen LogP contribution is -2.46. The molecular weight excluding hydrogens is 364 g/mol. The number of amides is 2. The molecule has 1 aromatic rings. The van der Waals surface area contributed by atoms with Gasteiger partial charge in [-0.2, -0.15) is 0 Å². The van der Waals surface area contributed by atoms with E-state index < -0.39 is 24.0 Å². The van der Waals surface area contributed by atoms with Gasteiger partial charge in [-0.1, -0.05) is 0 Å². The Labute approximate surface area is 133 Å². The van der Waals surface area contributed by atoms with Crippen molar-refractivity contribution >= 4 is 45.2 Å². The average molecular weight is 379 g/mol. The summed E-state index contributed by atoms with van der Waals surface area (Å²) in [5.41, 5.74) is 0. The molecule has 1 atom stereocenters. The summed E-state index contributed by atoms with van der Waals surface area (Å²) in [5.74, 6) is -2.36. The van der Waals surface area contributed by atoms with Crippen LogP contribution in [0.5, 0.6) is 0 Å². The minimum absolute atomic E-state index is 0.157. The molecule has 1 rings (SSSR count). The van der Waals surface area contributed by atoms with E-state index in [9.17, 15) is 14.4 Å². The Morgan fingerprint density at radius 1 is 1.29 bits per heavy atom. The van der Waals surface area contributed by atoms with Gasteiger partial charge in [-0.05, 0) is 40.9 Å². The van der Waals surface area contributed by atoms with Crippen molar-refractivity contribution in [3.63, 3.8) is 0 Å². The number of carboxylic acids is 2. The van der Waals surface area contributed by atoms with Gasteiger partial charge in [-0.25, -0.2) is 9.59 Å². The third kappa shape index (κ3) is 7.09. The van der Waals surface area contributed by atoms with Crippen molar-refractivity contribution in [3.05, 3.63) is 20.8 Å². The summed E-state index contributed by atoms with van der Waals surface area (Å²) in [5, 5.41) is 22.2. The first kappa shape index (κ1) is 17.4. The van der Waals surface area contributed by atoms with E-state index in [1.165, 1.54) is 0 Å². The highest BCUT2D eigenvalue weighted by Crippen LogP contribution is 2.21. The van der Waals surface area contributed by atoms with Crippen LogP contribution >= 0.6 is 27.3 Å². The van der Waals surface area contributed by atoms with Crippen LogP contribution in [-0.2, 0) is 16.0 Å². The van der Waals surface area contributed by atoms with Gasteiger partial charge < -0.3 is 20.8 Å². The number of urea groups is 1. The van der Waals surface area contributed by atoms with Crippen molar-refractivity contribution < 1.29 is 24.6 Å². The number of nitrogens with one attached hydrogen (secondary N) is 2. The van der Waals surface area contributed by atoms with Crippen molar-refractivity contribution in [1.82, 2.24) is 10.6 Å². The van der Waals surface area contributed by atoms with Crippen LogP contribution in [0, 0.1) is 0 Å². The lowest BCUT2D eigenvalue weighted by Gasteiger charge is -2.14. The summed E-state index contributed by atoms with van der Waals surface area (Å²) in [6.07, 6.45) is 0.160. The number of rotatable bonds is 8. The minimum atomic E-state index is -1.26. The molecule has 0 saturated heterocycles. The number of halogens is 1. The Kier molecular flexibility index (Phi) is 7.17. The van der Waals surface area contributed by atoms with E-state index >= 15 is 0 Å². The maximum Gasteiger partial charge on any atom is 0.326 e. The number of thiophene rings is 1. The molecule has 0 aliphatic heterocycles. The second-order valence-electron chi connectivity index (χ2n) is 4.18. The highest BCUT2D eigenvalue weighted by Gasteiger charge is 2.20. The molecule has 21 heavy (non-hydrogen) atoms. The van der Waals surface area contributed by atoms with Crippen molar-refractivity contribution in [1.29, 1.82) is 0 Å². The molecule has 0 saturated carbocycles. The van der Waals surface area contributed by atoms with Crippen molar-refractivity contribution in [2.45, 2.75) is 25.3 Å². The summed E-state index contributed by atoms with van der Waals surface area (Å²) in [4.78, 5) is 34.0. The maximum absolute atomic E-state index is 11.6. The van der Waals surface area contributed by atoms with E-state index in [-0.39, 0.29) is 12.8 Å². The Bertz CT molecular complexity index is 520. The minimum Gasteiger partial charge on any atom is -0.481 e. The van der Waals surface area contributed by atoms with Crippen LogP contribution in [0.15, 0.2) is 15.9 Å². The summed E-state index contributed by atoms with van der Waals surface area (Å²) in [7, 11) is 0. The number of carbonyl (C=O) groups excluding carboxylic acids is 1. The SMILES string of the molecule is O=C(O)CCC(NC(=O)NCCc1ccc(Br)s1)C(=O)O. The summed E-state index contributed by atoms with van der Waals surface area (Å²) >= 11 is 4.89. The first-order valence-electron chi connectivity index (χ1n) is 6.11. The number of carboxylic acid groups (broad SMARTS) is 2. The van der Waals surface area contributed by atoms with Gasteiger partial charge in [0.15, 0.2) is 0 Å². The fraction of sp³-hybridized carbons (Fsp3) is 0.417. The molecule has 9 heteroatoms. The van der Waals surface area contributed by atoms with Gasteiger partial charge in [0, 0.05) is 17.8 Å². The molecular formula is C12H15BrN2O5S. The topological polar surface area (TPSA) is 116 Å². The zero-order chi connectivity index (χ0) is 15.8. The molecule has 0 spiro atoms. The molecule has 0 aliphatic carbocycles. The van der Waals surface area contributed by atoms with Gasteiger partial charge in [-0.3, -0.25) is 4.79 Å². The van der Waals surface area contributed by atoms with E-state index in [0.29, 0.717) is 13.0 Å². The van der Waals surface area contributed by atoms with E-state index in [0.717, 1.165) is 8.66 Å². The fourth-order valence-electron chi connectivity index (χ4n) is 1.52. The number of aliphatic carboxylic acids is 2. The normalized spacial score (nSPS) is 11.7. The molecule has 0 fully saturated rings. The first-order chi connectivity index (χ1) is 9.88. The molecule has 0 aromatic carbocycles. The molecule has 0 radical (unpaired) electrons. The quantitative estimate of drug-likeness (QED) is 0.549. The van der Waals surface area contributed by atoms with Crippen LogP contribution in [0.2, 0.25) is 0 Å². The second kappa shape index (κ2) is 8.63. The Balaban J connectivity index is 2.32. The lowest BCUT2D eigenvalue weighted by molar-refractivity contribution is -0.140. The van der Waals surface area contributed by atoms with Crippen LogP contribution in [0.25, 0.3) is 0 Å².